The molecule has 1 fully saturated rings. The second-order valence-corrected chi connectivity index (χ2v) is 6.85. The molecule has 1 saturated heterocycles. The third-order valence-electron chi connectivity index (χ3n) is 3.80. The first-order chi connectivity index (χ1) is 10.1. The number of carbonyl (C=O) groups excluding carboxylic acids is 1. The van der Waals surface area contributed by atoms with Gasteiger partial charge in [0, 0.05) is 17.6 Å². The highest BCUT2D eigenvalue weighted by atomic mass is 35.5. The summed E-state index contributed by atoms with van der Waals surface area (Å²) in [5.74, 6) is -0.146. The highest BCUT2D eigenvalue weighted by Gasteiger charge is 2.29. The fourth-order valence-electron chi connectivity index (χ4n) is 2.65. The molecule has 0 saturated carbocycles. The molecular formula is C16H17ClN2OS. The molecule has 3 rings (SSSR count). The largest absolute Gasteiger partial charge is 0.348 e. The van der Waals surface area contributed by atoms with Crippen LogP contribution < -0.4 is 0 Å². The number of likely N-dealkylation sites (tertiary alicyclic amines) is 1. The molecule has 0 N–H and O–H groups in total. The molecule has 0 radical (unpaired) electrons. The van der Waals surface area contributed by atoms with Gasteiger partial charge in [-0.1, -0.05) is 23.7 Å². The van der Waals surface area contributed by atoms with E-state index in [0.717, 1.165) is 17.3 Å². The Hall–Kier alpha value is -1.26. The zero-order valence-corrected chi connectivity index (χ0v) is 13.5. The number of aliphatic imine (C=N–C) groups is 1. The van der Waals surface area contributed by atoms with E-state index in [1.165, 1.54) is 31.0 Å². The topological polar surface area (TPSA) is 32.7 Å². The second kappa shape index (κ2) is 6.24. The van der Waals surface area contributed by atoms with Gasteiger partial charge in [-0.2, -0.15) is 4.99 Å². The summed E-state index contributed by atoms with van der Waals surface area (Å²) in [6, 6.07) is 7.96. The van der Waals surface area contributed by atoms with Crippen LogP contribution in [0, 0.1) is 0 Å². The van der Waals surface area contributed by atoms with Crippen molar-refractivity contribution in [3.8, 4) is 0 Å². The van der Waals surface area contributed by atoms with Crippen molar-refractivity contribution in [3.05, 3.63) is 39.8 Å². The number of amidine groups is 1. The maximum atomic E-state index is 12.1. The normalized spacial score (nSPS) is 24.6. The van der Waals surface area contributed by atoms with E-state index in [-0.39, 0.29) is 5.91 Å². The molecule has 0 unspecified atom stereocenters. The first kappa shape index (κ1) is 14.7. The van der Waals surface area contributed by atoms with Crippen LogP contribution in [0.5, 0.6) is 0 Å². The quantitative estimate of drug-likeness (QED) is 0.727. The highest BCUT2D eigenvalue weighted by Crippen LogP contribution is 2.33. The van der Waals surface area contributed by atoms with E-state index in [0.29, 0.717) is 16.0 Å². The summed E-state index contributed by atoms with van der Waals surface area (Å²) in [5, 5.41) is 1.52. The molecule has 1 atom stereocenters. The van der Waals surface area contributed by atoms with Gasteiger partial charge in [-0.3, -0.25) is 4.79 Å². The summed E-state index contributed by atoms with van der Waals surface area (Å²) in [6.45, 7) is 3.19. The van der Waals surface area contributed by atoms with Crippen molar-refractivity contribution in [2.75, 3.05) is 6.54 Å². The first-order valence-electron chi connectivity index (χ1n) is 7.18. The van der Waals surface area contributed by atoms with Crippen molar-refractivity contribution in [2.45, 2.75) is 32.2 Å². The van der Waals surface area contributed by atoms with Gasteiger partial charge in [0.1, 0.15) is 0 Å². The molecule has 0 aliphatic carbocycles. The number of rotatable bonds is 1. The van der Waals surface area contributed by atoms with Crippen LogP contribution in [0.3, 0.4) is 0 Å². The average molecular weight is 321 g/mol. The van der Waals surface area contributed by atoms with Gasteiger partial charge in [0.05, 0.1) is 4.91 Å². The Morgan fingerprint density at radius 1 is 1.43 bits per heavy atom. The Labute approximate surface area is 134 Å². The minimum Gasteiger partial charge on any atom is -0.348 e. The summed E-state index contributed by atoms with van der Waals surface area (Å²) in [4.78, 5) is 19.2. The molecule has 5 heteroatoms. The number of halogens is 1. The van der Waals surface area contributed by atoms with Gasteiger partial charge in [0.2, 0.25) is 0 Å². The molecule has 1 amide bonds. The van der Waals surface area contributed by atoms with Crippen LogP contribution in [-0.4, -0.2) is 28.6 Å². The van der Waals surface area contributed by atoms with Crippen molar-refractivity contribution in [1.82, 2.24) is 4.90 Å². The van der Waals surface area contributed by atoms with Crippen molar-refractivity contribution < 1.29 is 4.79 Å². The maximum absolute atomic E-state index is 12.1. The molecule has 1 aromatic rings. The van der Waals surface area contributed by atoms with Crippen LogP contribution in [-0.2, 0) is 4.79 Å². The summed E-state index contributed by atoms with van der Waals surface area (Å²) in [6.07, 6.45) is 5.46. The molecule has 0 bridgehead atoms. The lowest BCUT2D eigenvalue weighted by atomic mass is 10.1. The van der Waals surface area contributed by atoms with Crippen molar-refractivity contribution in [1.29, 1.82) is 0 Å². The van der Waals surface area contributed by atoms with E-state index in [4.69, 9.17) is 11.6 Å². The molecule has 1 aromatic carbocycles. The molecule has 0 spiro atoms. The summed E-state index contributed by atoms with van der Waals surface area (Å²) >= 11 is 7.45. The molecule has 3 nitrogen and oxygen atoms in total. The van der Waals surface area contributed by atoms with Crippen LogP contribution in [0.1, 0.15) is 31.7 Å². The Kier molecular flexibility index (Phi) is 4.36. The zero-order valence-electron chi connectivity index (χ0n) is 11.9. The van der Waals surface area contributed by atoms with Crippen molar-refractivity contribution >= 4 is 40.5 Å². The van der Waals surface area contributed by atoms with Gasteiger partial charge >= 0.3 is 0 Å². The number of thioether (sulfide) groups is 1. The van der Waals surface area contributed by atoms with E-state index in [1.54, 1.807) is 0 Å². The zero-order chi connectivity index (χ0) is 14.8. The number of piperidine rings is 1. The standard InChI is InChI=1S/C16H17ClN2OS/c1-11-5-2-3-8-19(11)16-18-15(20)14(21-16)10-12-6-4-7-13(17)9-12/h4,6-7,9-11H,2-3,5,8H2,1H3/b14-10+/t11-/m1/s1. The number of hydrogen-bond acceptors (Lipinski definition) is 3. The number of nitrogens with zero attached hydrogens (tertiary/aromatic N) is 2. The molecule has 0 aromatic heterocycles. The van der Waals surface area contributed by atoms with E-state index in [2.05, 4.69) is 16.8 Å². The number of amides is 1. The molecule has 2 heterocycles. The van der Waals surface area contributed by atoms with Crippen LogP contribution in [0.2, 0.25) is 5.02 Å². The Morgan fingerprint density at radius 2 is 2.29 bits per heavy atom. The molecule has 2 aliphatic heterocycles. The minimum absolute atomic E-state index is 0.146. The molecule has 2 aliphatic rings. The lowest BCUT2D eigenvalue weighted by molar-refractivity contribution is -0.113. The van der Waals surface area contributed by atoms with E-state index in [1.807, 2.05) is 30.3 Å². The number of carbonyl (C=O) groups is 1. The lowest BCUT2D eigenvalue weighted by Crippen LogP contribution is -2.40. The fourth-order valence-corrected chi connectivity index (χ4v) is 3.89. The summed E-state index contributed by atoms with van der Waals surface area (Å²) < 4.78 is 0. The molecule has 21 heavy (non-hydrogen) atoms. The van der Waals surface area contributed by atoms with Gasteiger partial charge in [-0.05, 0) is 61.7 Å². The lowest BCUT2D eigenvalue weighted by Gasteiger charge is -2.34. The van der Waals surface area contributed by atoms with Gasteiger partial charge in [-0.15, -0.1) is 0 Å². The van der Waals surface area contributed by atoms with Crippen LogP contribution in [0.15, 0.2) is 34.2 Å². The van der Waals surface area contributed by atoms with Gasteiger partial charge in [0.25, 0.3) is 5.91 Å². The predicted octanol–water partition coefficient (Wildman–Crippen LogP) is 4.18. The third kappa shape index (κ3) is 3.33. The average Bonchev–Trinajstić information content (AvgIpc) is 2.80. The molecular weight excluding hydrogens is 304 g/mol. The number of hydrogen-bond donors (Lipinski definition) is 0. The minimum atomic E-state index is -0.146. The Morgan fingerprint density at radius 3 is 3.05 bits per heavy atom. The number of benzene rings is 1. The van der Waals surface area contributed by atoms with Crippen LogP contribution in [0.4, 0.5) is 0 Å². The van der Waals surface area contributed by atoms with Crippen molar-refractivity contribution in [2.24, 2.45) is 4.99 Å². The van der Waals surface area contributed by atoms with Crippen LogP contribution >= 0.6 is 23.4 Å². The maximum Gasteiger partial charge on any atom is 0.286 e. The van der Waals surface area contributed by atoms with E-state index >= 15 is 0 Å². The SMILES string of the molecule is C[C@@H]1CCCCN1C1=NC(=O)/C(=C\c2cccc(Cl)c2)S1. The van der Waals surface area contributed by atoms with E-state index < -0.39 is 0 Å². The molecule has 110 valence electrons. The fraction of sp³-hybridized carbons (Fsp3) is 0.375. The van der Waals surface area contributed by atoms with E-state index in [9.17, 15) is 4.79 Å². The third-order valence-corrected chi connectivity index (χ3v) is 5.06. The highest BCUT2D eigenvalue weighted by molar-refractivity contribution is 8.18. The van der Waals surface area contributed by atoms with Gasteiger partial charge in [0.15, 0.2) is 5.17 Å². The second-order valence-electron chi connectivity index (χ2n) is 5.40. The van der Waals surface area contributed by atoms with Gasteiger partial charge in [-0.25, -0.2) is 0 Å². The predicted molar refractivity (Wildman–Crippen MR) is 89.5 cm³/mol. The Balaban J connectivity index is 1.78. The van der Waals surface area contributed by atoms with Crippen LogP contribution in [0.25, 0.3) is 6.08 Å². The monoisotopic (exact) mass is 320 g/mol. The first-order valence-corrected chi connectivity index (χ1v) is 8.38. The van der Waals surface area contributed by atoms with Crippen molar-refractivity contribution in [3.63, 3.8) is 0 Å². The summed E-state index contributed by atoms with van der Waals surface area (Å²) in [7, 11) is 0. The smallest absolute Gasteiger partial charge is 0.286 e. The Bertz CT molecular complexity index is 626. The van der Waals surface area contributed by atoms with Gasteiger partial charge < -0.3 is 4.90 Å². The summed E-state index contributed by atoms with van der Waals surface area (Å²) in [5.41, 5.74) is 0.932.